The van der Waals surface area contributed by atoms with Crippen molar-refractivity contribution in [3.05, 3.63) is 68.4 Å². The van der Waals surface area contributed by atoms with Crippen LogP contribution >= 0.6 is 46.7 Å². The van der Waals surface area contributed by atoms with Gasteiger partial charge < -0.3 is 0 Å². The van der Waals surface area contributed by atoms with E-state index in [-0.39, 0.29) is 0 Å². The normalized spacial score (nSPS) is 12.2. The molecule has 0 N–H and O–H groups in total. The smallest absolute Gasteiger partial charge is 0.0406 e. The average Bonchev–Trinajstić information content (AvgIpc) is 2.51. The predicted octanol–water partition coefficient (Wildman–Crippen LogP) is 7.91. The van der Waals surface area contributed by atoms with Crippen LogP contribution in [0, 0.1) is 0 Å². The van der Waals surface area contributed by atoms with Crippen LogP contribution in [0.4, 0.5) is 0 Å². The Morgan fingerprint density at radius 1 is 0.818 bits per heavy atom. The molecule has 0 aliphatic carbocycles. The van der Waals surface area contributed by atoms with Crippen molar-refractivity contribution in [3.8, 4) is 0 Å². The van der Waals surface area contributed by atoms with Gasteiger partial charge in [0.25, 0.3) is 0 Å². The summed E-state index contributed by atoms with van der Waals surface area (Å²) in [6, 6.07) is 16.0. The van der Waals surface area contributed by atoms with Crippen molar-refractivity contribution in [3.63, 3.8) is 0 Å². The number of halogens is 2. The topological polar surface area (TPSA) is 0 Å². The van der Waals surface area contributed by atoms with E-state index in [1.807, 2.05) is 36.0 Å². The number of rotatable bonds is 6. The van der Waals surface area contributed by atoms with E-state index < -0.39 is 0 Å². The van der Waals surface area contributed by atoms with E-state index in [2.05, 4.69) is 38.1 Å². The zero-order valence-corrected chi connectivity index (χ0v) is 15.8. The first kappa shape index (κ1) is 17.8. The lowest BCUT2D eigenvalue weighted by Crippen LogP contribution is -1.83. The highest BCUT2D eigenvalue weighted by Gasteiger charge is 2.07. The van der Waals surface area contributed by atoms with Crippen molar-refractivity contribution >= 4 is 46.7 Å². The molecule has 0 amide bonds. The van der Waals surface area contributed by atoms with Crippen molar-refractivity contribution in [1.29, 1.82) is 0 Å². The minimum absolute atomic E-state index is 0.773. The molecule has 2 rings (SSSR count). The second kappa shape index (κ2) is 8.93. The van der Waals surface area contributed by atoms with Gasteiger partial charge in [0.2, 0.25) is 0 Å². The summed E-state index contributed by atoms with van der Waals surface area (Å²) in [7, 11) is 0. The summed E-state index contributed by atoms with van der Waals surface area (Å²) < 4.78 is 0. The molecule has 2 aromatic carbocycles. The third-order valence-corrected chi connectivity index (χ3v) is 5.97. The Bertz CT molecular complexity index is 631. The van der Waals surface area contributed by atoms with E-state index >= 15 is 0 Å². The van der Waals surface area contributed by atoms with Gasteiger partial charge in [0, 0.05) is 19.8 Å². The fourth-order valence-electron chi connectivity index (χ4n) is 1.91. The molecule has 0 unspecified atom stereocenters. The van der Waals surface area contributed by atoms with Crippen LogP contribution < -0.4 is 0 Å². The molecule has 0 spiro atoms. The van der Waals surface area contributed by atoms with Gasteiger partial charge in [-0.3, -0.25) is 0 Å². The van der Waals surface area contributed by atoms with Crippen LogP contribution in [0.25, 0.3) is 0 Å². The van der Waals surface area contributed by atoms with Crippen molar-refractivity contribution in [2.24, 2.45) is 0 Å². The zero-order chi connectivity index (χ0) is 15.9. The molecular weight excluding hydrogens is 351 g/mol. The number of hydrogen-bond acceptors (Lipinski definition) is 2. The van der Waals surface area contributed by atoms with Gasteiger partial charge in [-0.15, -0.1) is 0 Å². The molecule has 0 radical (unpaired) electrons. The summed E-state index contributed by atoms with van der Waals surface area (Å²) in [4.78, 5) is 5.19. The molecule has 116 valence electrons. The molecule has 2 aromatic rings. The first-order chi connectivity index (χ1) is 10.6. The molecule has 0 heterocycles. The van der Waals surface area contributed by atoms with Gasteiger partial charge in [-0.05, 0) is 71.7 Å². The van der Waals surface area contributed by atoms with Crippen LogP contribution in [0.15, 0.2) is 68.1 Å². The summed E-state index contributed by atoms with van der Waals surface area (Å²) in [5.41, 5.74) is 0. The number of benzene rings is 2. The zero-order valence-electron chi connectivity index (χ0n) is 12.6. The van der Waals surface area contributed by atoms with Crippen LogP contribution in [0.5, 0.6) is 0 Å². The highest BCUT2D eigenvalue weighted by atomic mass is 35.5. The van der Waals surface area contributed by atoms with Gasteiger partial charge in [-0.2, -0.15) is 0 Å². The quantitative estimate of drug-likeness (QED) is 0.475. The number of hydrogen-bond donors (Lipinski definition) is 0. The Morgan fingerprint density at radius 3 is 1.73 bits per heavy atom. The molecule has 0 aliphatic heterocycles. The van der Waals surface area contributed by atoms with Crippen LogP contribution in [-0.2, 0) is 0 Å². The predicted molar refractivity (Wildman–Crippen MR) is 102 cm³/mol. The van der Waals surface area contributed by atoms with Crippen LogP contribution in [0.3, 0.4) is 0 Å². The molecule has 0 aliphatic rings. The first-order valence-corrected chi connectivity index (χ1v) is 9.54. The Kier molecular flexibility index (Phi) is 7.23. The highest BCUT2D eigenvalue weighted by molar-refractivity contribution is 8.06. The molecule has 0 saturated heterocycles. The van der Waals surface area contributed by atoms with Gasteiger partial charge in [-0.1, -0.05) is 60.1 Å². The summed E-state index contributed by atoms with van der Waals surface area (Å²) in [5, 5.41) is 1.55. The van der Waals surface area contributed by atoms with E-state index in [0.717, 1.165) is 22.9 Å². The largest absolute Gasteiger partial charge is 0.0940 e. The Labute approximate surface area is 151 Å². The second-order valence-corrected chi connectivity index (χ2v) is 8.17. The summed E-state index contributed by atoms with van der Waals surface area (Å²) in [5.74, 6) is 0. The maximum Gasteiger partial charge on any atom is 0.0406 e. The molecule has 0 bridgehead atoms. The van der Waals surface area contributed by atoms with Crippen LogP contribution in [0.2, 0.25) is 10.0 Å². The molecule has 4 heteroatoms. The monoisotopic (exact) mass is 368 g/mol. The fourth-order valence-corrected chi connectivity index (χ4v) is 4.26. The van der Waals surface area contributed by atoms with Gasteiger partial charge in [0.05, 0.1) is 0 Å². The minimum atomic E-state index is 0.773. The third-order valence-electron chi connectivity index (χ3n) is 3.01. The fraction of sp³-hybridized carbons (Fsp3) is 0.222. The molecule has 0 atom stereocenters. The van der Waals surface area contributed by atoms with E-state index in [4.69, 9.17) is 23.2 Å². The van der Waals surface area contributed by atoms with Gasteiger partial charge >= 0.3 is 0 Å². The van der Waals surface area contributed by atoms with E-state index in [1.165, 1.54) is 19.6 Å². The Hall–Kier alpha value is -0.540. The molecule has 0 saturated carbocycles. The van der Waals surface area contributed by atoms with Crippen LogP contribution in [-0.4, -0.2) is 0 Å². The Morgan fingerprint density at radius 2 is 1.27 bits per heavy atom. The second-order valence-electron chi connectivity index (χ2n) is 4.84. The van der Waals surface area contributed by atoms with E-state index in [9.17, 15) is 0 Å². The standard InChI is InChI=1S/C18H18Cl2S2/c1-3-4-18(22-17-11-7-15(20)8-12-17)13(2)21-16-9-5-14(19)6-10-16/h5-12H,3-4H2,1-2H3/b18-13-. The molecular formula is C18H18Cl2S2. The van der Waals surface area contributed by atoms with Crippen molar-refractivity contribution in [2.45, 2.75) is 36.5 Å². The first-order valence-electron chi connectivity index (χ1n) is 7.15. The molecule has 0 aromatic heterocycles. The maximum atomic E-state index is 5.96. The molecule has 0 fully saturated rings. The van der Waals surface area contributed by atoms with Crippen LogP contribution in [0.1, 0.15) is 26.7 Å². The highest BCUT2D eigenvalue weighted by Crippen LogP contribution is 2.39. The summed E-state index contributed by atoms with van der Waals surface area (Å²) >= 11 is 15.5. The molecule has 0 nitrogen and oxygen atoms in total. The lowest BCUT2D eigenvalue weighted by Gasteiger charge is -2.11. The Balaban J connectivity index is 2.16. The van der Waals surface area contributed by atoms with Crippen molar-refractivity contribution < 1.29 is 0 Å². The number of allylic oxidation sites excluding steroid dienone is 2. The van der Waals surface area contributed by atoms with Gasteiger partial charge in [0.1, 0.15) is 0 Å². The average molecular weight is 369 g/mol. The lowest BCUT2D eigenvalue weighted by molar-refractivity contribution is 0.943. The SMILES string of the molecule is CCC/C(Sc1ccc(Cl)cc1)=C(\C)Sc1ccc(Cl)cc1. The van der Waals surface area contributed by atoms with Gasteiger partial charge in [0.15, 0.2) is 0 Å². The van der Waals surface area contributed by atoms with E-state index in [0.29, 0.717) is 0 Å². The summed E-state index contributed by atoms with van der Waals surface area (Å²) in [6.07, 6.45) is 2.22. The lowest BCUT2D eigenvalue weighted by atomic mass is 10.3. The van der Waals surface area contributed by atoms with Gasteiger partial charge in [-0.25, -0.2) is 0 Å². The summed E-state index contributed by atoms with van der Waals surface area (Å²) in [6.45, 7) is 4.40. The minimum Gasteiger partial charge on any atom is -0.0940 e. The maximum absolute atomic E-state index is 5.96. The third kappa shape index (κ3) is 5.58. The van der Waals surface area contributed by atoms with E-state index in [1.54, 1.807) is 11.8 Å². The molecule has 22 heavy (non-hydrogen) atoms. The van der Waals surface area contributed by atoms with Crippen molar-refractivity contribution in [2.75, 3.05) is 0 Å². The number of thioether (sulfide) groups is 2. The van der Waals surface area contributed by atoms with Crippen molar-refractivity contribution in [1.82, 2.24) is 0 Å².